The van der Waals surface area contributed by atoms with Crippen LogP contribution in [0.15, 0.2) is 58.2 Å². The monoisotopic (exact) mass is 355 g/mol. The van der Waals surface area contributed by atoms with E-state index in [4.69, 9.17) is 11.6 Å². The number of nitrogens with two attached hydrogens (primary N) is 2. The van der Waals surface area contributed by atoms with E-state index in [1.54, 1.807) is 28.9 Å². The number of aromatic nitrogens is 3. The standard InChI is InChI=1S/C16H13N5O3S/c17-15-13-14(11-3-1-2-4-12(11)19-16(13)22)20-21(15)9-5-7-10(8-6-9)25-24-23-18/h1-8H,17-18H2,(H,19,22). The van der Waals surface area contributed by atoms with E-state index in [1.165, 1.54) is 0 Å². The van der Waals surface area contributed by atoms with Gasteiger partial charge in [0, 0.05) is 10.3 Å². The first-order chi connectivity index (χ1) is 12.2. The molecular formula is C16H13N5O3S. The van der Waals surface area contributed by atoms with E-state index >= 15 is 0 Å². The summed E-state index contributed by atoms with van der Waals surface area (Å²) in [5, 5.41) is 5.76. The van der Waals surface area contributed by atoms with Crippen LogP contribution in [0.1, 0.15) is 0 Å². The quantitative estimate of drug-likeness (QED) is 0.292. The van der Waals surface area contributed by atoms with Crippen LogP contribution >= 0.6 is 12.0 Å². The summed E-state index contributed by atoms with van der Waals surface area (Å²) in [5.74, 6) is 5.10. The maximum atomic E-state index is 12.4. The van der Waals surface area contributed by atoms with Crippen LogP contribution in [0.4, 0.5) is 5.82 Å². The second kappa shape index (κ2) is 6.22. The topological polar surface area (TPSA) is 121 Å². The lowest BCUT2D eigenvalue weighted by molar-refractivity contribution is -0.195. The molecule has 0 fully saturated rings. The van der Waals surface area contributed by atoms with Gasteiger partial charge in [-0.05, 0) is 30.3 Å². The second-order valence-electron chi connectivity index (χ2n) is 5.26. The van der Waals surface area contributed by atoms with Gasteiger partial charge in [0.05, 0.1) is 23.2 Å². The van der Waals surface area contributed by atoms with E-state index in [-0.39, 0.29) is 11.4 Å². The van der Waals surface area contributed by atoms with Crippen molar-refractivity contribution in [2.24, 2.45) is 5.90 Å². The van der Waals surface area contributed by atoms with Crippen LogP contribution in [0.2, 0.25) is 0 Å². The normalized spacial score (nSPS) is 11.4. The van der Waals surface area contributed by atoms with Crippen molar-refractivity contribution in [3.8, 4) is 5.69 Å². The fraction of sp³-hybridized carbons (Fsp3) is 0. The lowest BCUT2D eigenvalue weighted by atomic mass is 10.1. The SMILES string of the molecule is NOOSc1ccc(-n2nc3c(c2N)c(=O)[nH]c2ccccc23)cc1. The molecule has 25 heavy (non-hydrogen) atoms. The van der Waals surface area contributed by atoms with Crippen molar-refractivity contribution in [3.05, 3.63) is 58.9 Å². The number of hydrogen-bond donors (Lipinski definition) is 3. The fourth-order valence-electron chi connectivity index (χ4n) is 2.73. The summed E-state index contributed by atoms with van der Waals surface area (Å²) in [7, 11) is 0. The van der Waals surface area contributed by atoms with Crippen LogP contribution in [0, 0.1) is 0 Å². The molecule has 4 aromatic rings. The number of H-pyrrole nitrogens is 1. The molecule has 0 saturated heterocycles. The largest absolute Gasteiger partial charge is 0.383 e. The average Bonchev–Trinajstić information content (AvgIpc) is 2.99. The number of hydrogen-bond acceptors (Lipinski definition) is 7. The zero-order chi connectivity index (χ0) is 17.4. The van der Waals surface area contributed by atoms with E-state index in [0.29, 0.717) is 10.9 Å². The number of fused-ring (bicyclic) bond motifs is 3. The molecule has 0 spiro atoms. The summed E-state index contributed by atoms with van der Waals surface area (Å²) in [6, 6.07) is 14.7. The molecule has 8 nitrogen and oxygen atoms in total. The smallest absolute Gasteiger partial charge is 0.261 e. The molecule has 0 radical (unpaired) electrons. The van der Waals surface area contributed by atoms with E-state index < -0.39 is 0 Å². The van der Waals surface area contributed by atoms with E-state index in [9.17, 15) is 4.79 Å². The maximum Gasteiger partial charge on any atom is 0.261 e. The lowest BCUT2D eigenvalue weighted by Gasteiger charge is -2.04. The number of nitrogens with zero attached hydrogens (tertiary/aromatic N) is 2. The Morgan fingerprint density at radius 3 is 2.64 bits per heavy atom. The first-order valence-electron chi connectivity index (χ1n) is 7.29. The minimum absolute atomic E-state index is 0.266. The summed E-state index contributed by atoms with van der Waals surface area (Å²) in [6.45, 7) is 0. The number of pyridine rings is 1. The molecule has 2 aromatic carbocycles. The summed E-state index contributed by atoms with van der Waals surface area (Å²) >= 11 is 0.975. The molecule has 0 saturated carbocycles. The molecule has 5 N–H and O–H groups in total. The molecule has 0 aliphatic rings. The molecule has 0 amide bonds. The van der Waals surface area contributed by atoms with Crippen LogP contribution in [0.5, 0.6) is 0 Å². The molecule has 0 unspecified atom stereocenters. The third-order valence-electron chi connectivity index (χ3n) is 3.83. The van der Waals surface area contributed by atoms with Crippen LogP contribution in [0.25, 0.3) is 27.5 Å². The summed E-state index contributed by atoms with van der Waals surface area (Å²) in [4.78, 5) is 20.1. The van der Waals surface area contributed by atoms with E-state index in [2.05, 4.69) is 19.4 Å². The highest BCUT2D eigenvalue weighted by Crippen LogP contribution is 2.27. The molecule has 0 atom stereocenters. The zero-order valence-corrected chi connectivity index (χ0v) is 13.6. The van der Waals surface area contributed by atoms with Crippen LogP contribution < -0.4 is 17.2 Å². The fourth-order valence-corrected chi connectivity index (χ4v) is 3.09. The van der Waals surface area contributed by atoms with Crippen LogP contribution in [0.3, 0.4) is 0 Å². The molecule has 4 rings (SSSR count). The van der Waals surface area contributed by atoms with Crippen molar-refractivity contribution >= 4 is 39.7 Å². The van der Waals surface area contributed by atoms with Gasteiger partial charge in [0.25, 0.3) is 5.56 Å². The van der Waals surface area contributed by atoms with Gasteiger partial charge in [-0.25, -0.2) is 4.68 Å². The highest BCUT2D eigenvalue weighted by Gasteiger charge is 2.16. The van der Waals surface area contributed by atoms with Gasteiger partial charge in [-0.1, -0.05) is 18.2 Å². The van der Waals surface area contributed by atoms with Gasteiger partial charge in [-0.2, -0.15) is 11.0 Å². The van der Waals surface area contributed by atoms with E-state index in [1.807, 2.05) is 24.3 Å². The van der Waals surface area contributed by atoms with Gasteiger partial charge >= 0.3 is 0 Å². The predicted molar refractivity (Wildman–Crippen MR) is 95.8 cm³/mol. The van der Waals surface area contributed by atoms with Crippen LogP contribution in [-0.2, 0) is 9.32 Å². The molecule has 2 heterocycles. The average molecular weight is 355 g/mol. The third kappa shape index (κ3) is 2.65. The molecular weight excluding hydrogens is 342 g/mol. The Labute approximate surface area is 145 Å². The van der Waals surface area contributed by atoms with E-state index in [0.717, 1.165) is 33.5 Å². The second-order valence-corrected chi connectivity index (χ2v) is 6.04. The van der Waals surface area contributed by atoms with Gasteiger partial charge in [0.2, 0.25) is 0 Å². The molecule has 126 valence electrons. The first kappa shape index (κ1) is 15.7. The highest BCUT2D eigenvalue weighted by molar-refractivity contribution is 7.94. The number of nitrogens with one attached hydrogen (secondary N) is 1. The predicted octanol–water partition coefficient (Wildman–Crippen LogP) is 2.28. The highest BCUT2D eigenvalue weighted by atomic mass is 32.2. The van der Waals surface area contributed by atoms with Gasteiger partial charge in [0.1, 0.15) is 16.7 Å². The van der Waals surface area contributed by atoms with Gasteiger partial charge in [-0.15, -0.1) is 9.32 Å². The van der Waals surface area contributed by atoms with Crippen LogP contribution in [-0.4, -0.2) is 14.8 Å². The summed E-state index contributed by atoms with van der Waals surface area (Å²) in [6.07, 6.45) is 0. The minimum Gasteiger partial charge on any atom is -0.383 e. The summed E-state index contributed by atoms with van der Waals surface area (Å²) in [5.41, 5.74) is 7.93. The number of para-hydroxylation sites is 1. The lowest BCUT2D eigenvalue weighted by Crippen LogP contribution is -2.08. The van der Waals surface area contributed by atoms with Crippen molar-refractivity contribution in [2.45, 2.75) is 4.90 Å². The summed E-state index contributed by atoms with van der Waals surface area (Å²) < 4.78 is 6.15. The maximum absolute atomic E-state index is 12.4. The zero-order valence-electron chi connectivity index (χ0n) is 12.8. The number of benzene rings is 2. The van der Waals surface area contributed by atoms with Crippen molar-refractivity contribution in [1.82, 2.24) is 14.8 Å². The van der Waals surface area contributed by atoms with Gasteiger partial charge < -0.3 is 10.7 Å². The van der Waals surface area contributed by atoms with Crippen molar-refractivity contribution in [1.29, 1.82) is 0 Å². The van der Waals surface area contributed by atoms with Crippen molar-refractivity contribution in [3.63, 3.8) is 0 Å². The Morgan fingerprint density at radius 1 is 1.12 bits per heavy atom. The Hall–Kier alpha value is -2.85. The number of rotatable bonds is 4. The first-order valence-corrected chi connectivity index (χ1v) is 8.03. The van der Waals surface area contributed by atoms with Crippen molar-refractivity contribution < 1.29 is 9.32 Å². The Morgan fingerprint density at radius 2 is 1.88 bits per heavy atom. The number of anilines is 1. The van der Waals surface area contributed by atoms with Gasteiger partial charge in [-0.3, -0.25) is 4.79 Å². The number of nitrogen functional groups attached to an aromatic ring is 1. The molecule has 0 aliphatic heterocycles. The Balaban J connectivity index is 1.88. The minimum atomic E-state index is -0.266. The Kier molecular flexibility index (Phi) is 3.90. The molecule has 0 aliphatic carbocycles. The Bertz CT molecular complexity index is 1120. The van der Waals surface area contributed by atoms with Gasteiger partial charge in [0.15, 0.2) is 0 Å². The molecule has 9 heteroatoms. The number of aromatic amines is 1. The van der Waals surface area contributed by atoms with Crippen molar-refractivity contribution in [2.75, 3.05) is 5.73 Å². The molecule has 0 bridgehead atoms. The molecule has 2 aromatic heterocycles. The third-order valence-corrected chi connectivity index (χ3v) is 4.44.